The number of piperidine rings is 1. The molecule has 2 amide bonds. The number of rotatable bonds is 8. The van der Waals surface area contributed by atoms with Gasteiger partial charge in [0.25, 0.3) is 5.91 Å². The van der Waals surface area contributed by atoms with Gasteiger partial charge in [-0.05, 0) is 78.7 Å². The highest BCUT2D eigenvalue weighted by Crippen LogP contribution is 2.43. The number of carbonyl (C=O) groups is 2. The summed E-state index contributed by atoms with van der Waals surface area (Å²) < 4.78 is 12.2. The zero-order valence-corrected chi connectivity index (χ0v) is 22.0. The van der Waals surface area contributed by atoms with E-state index < -0.39 is 0 Å². The number of anilines is 2. The van der Waals surface area contributed by atoms with Crippen LogP contribution >= 0.6 is 11.3 Å². The highest BCUT2D eigenvalue weighted by molar-refractivity contribution is 7.17. The normalized spacial score (nSPS) is 21.5. The van der Waals surface area contributed by atoms with E-state index in [1.807, 2.05) is 23.1 Å². The molecule has 3 aromatic rings. The molecule has 0 unspecified atom stereocenters. The molecule has 1 saturated carbocycles. The molecule has 2 fully saturated rings. The van der Waals surface area contributed by atoms with Gasteiger partial charge in [0.1, 0.15) is 5.75 Å². The predicted octanol–water partition coefficient (Wildman–Crippen LogP) is 4.55. The van der Waals surface area contributed by atoms with Crippen LogP contribution in [0.15, 0.2) is 47.8 Å². The van der Waals surface area contributed by atoms with E-state index >= 15 is 0 Å². The van der Waals surface area contributed by atoms with Gasteiger partial charge in [-0.1, -0.05) is 18.2 Å². The van der Waals surface area contributed by atoms with Crippen LogP contribution in [0.25, 0.3) is 10.1 Å². The van der Waals surface area contributed by atoms with Gasteiger partial charge in [0.15, 0.2) is 6.61 Å². The van der Waals surface area contributed by atoms with Crippen molar-refractivity contribution in [3.63, 3.8) is 0 Å². The maximum absolute atomic E-state index is 14.3. The Bertz CT molecular complexity index is 1300. The molecule has 1 N–H and O–H groups in total. The Morgan fingerprint density at radius 2 is 2.08 bits per heavy atom. The van der Waals surface area contributed by atoms with Crippen molar-refractivity contribution in [1.82, 2.24) is 5.32 Å². The first-order valence-electron chi connectivity index (χ1n) is 13.2. The topological polar surface area (TPSA) is 71.1 Å². The third kappa shape index (κ3) is 4.74. The van der Waals surface area contributed by atoms with Gasteiger partial charge >= 0.3 is 0 Å². The number of thiophene rings is 1. The number of fused-ring (bicyclic) bond motifs is 2. The Kier molecular flexibility index (Phi) is 6.88. The molecule has 2 aromatic carbocycles. The quantitative estimate of drug-likeness (QED) is 0.442. The van der Waals surface area contributed by atoms with Crippen molar-refractivity contribution in [2.24, 2.45) is 5.92 Å². The molecule has 37 heavy (non-hydrogen) atoms. The van der Waals surface area contributed by atoms with E-state index in [1.54, 1.807) is 23.3 Å². The number of amides is 2. The zero-order chi connectivity index (χ0) is 25.4. The number of ether oxygens (including phenoxy) is 2. The largest absolute Gasteiger partial charge is 0.482 e. The lowest BCUT2D eigenvalue weighted by molar-refractivity contribution is -0.123. The lowest BCUT2D eigenvalue weighted by atomic mass is 9.80. The summed E-state index contributed by atoms with van der Waals surface area (Å²) >= 11 is 1.76. The summed E-state index contributed by atoms with van der Waals surface area (Å²) in [6.45, 7) is 2.77. The summed E-state index contributed by atoms with van der Waals surface area (Å²) in [5, 5.41) is 7.01. The van der Waals surface area contributed by atoms with E-state index in [9.17, 15) is 9.59 Å². The molecule has 6 rings (SSSR count). The first kappa shape index (κ1) is 24.4. The monoisotopic (exact) mass is 519 g/mol. The highest BCUT2D eigenvalue weighted by atomic mass is 32.1. The van der Waals surface area contributed by atoms with Crippen LogP contribution in [0, 0.1) is 5.92 Å². The van der Waals surface area contributed by atoms with Crippen LogP contribution in [0.1, 0.15) is 37.2 Å². The molecule has 194 valence electrons. The molecule has 7 nitrogen and oxygen atoms in total. The lowest BCUT2D eigenvalue weighted by Gasteiger charge is -2.36. The van der Waals surface area contributed by atoms with Crippen LogP contribution in [0.3, 0.4) is 0 Å². The van der Waals surface area contributed by atoms with Gasteiger partial charge in [-0.3, -0.25) is 9.59 Å². The number of methoxy groups -OCH3 is 1. The van der Waals surface area contributed by atoms with Gasteiger partial charge in [-0.2, -0.15) is 0 Å². The molecule has 0 radical (unpaired) electrons. The summed E-state index contributed by atoms with van der Waals surface area (Å²) in [6, 6.07) is 14.6. The average molecular weight is 520 g/mol. The van der Waals surface area contributed by atoms with E-state index in [2.05, 4.69) is 35.0 Å². The molecule has 0 spiro atoms. The van der Waals surface area contributed by atoms with E-state index in [4.69, 9.17) is 9.47 Å². The van der Waals surface area contributed by atoms with E-state index in [-0.39, 0.29) is 36.3 Å². The van der Waals surface area contributed by atoms with Crippen LogP contribution < -0.4 is 19.9 Å². The maximum atomic E-state index is 14.3. The van der Waals surface area contributed by atoms with Gasteiger partial charge in [0, 0.05) is 43.2 Å². The minimum Gasteiger partial charge on any atom is -0.482 e. The third-order valence-corrected chi connectivity index (χ3v) is 8.73. The fraction of sp³-hybridized carbons (Fsp3) is 0.448. The summed E-state index contributed by atoms with van der Waals surface area (Å²) in [7, 11) is 1.67. The Morgan fingerprint density at radius 3 is 2.92 bits per heavy atom. The number of hydrogen-bond acceptors (Lipinski definition) is 6. The van der Waals surface area contributed by atoms with E-state index in [0.717, 1.165) is 43.6 Å². The van der Waals surface area contributed by atoms with Crippen molar-refractivity contribution < 1.29 is 19.1 Å². The minimum atomic E-state index is -0.140. The second kappa shape index (κ2) is 10.4. The van der Waals surface area contributed by atoms with Crippen molar-refractivity contribution >= 4 is 44.6 Å². The molecule has 0 bridgehead atoms. The van der Waals surface area contributed by atoms with Crippen LogP contribution in [0.2, 0.25) is 0 Å². The molecule has 1 aliphatic carbocycles. The number of nitrogens with zero attached hydrogens (tertiary/aromatic N) is 2. The molecular weight excluding hydrogens is 486 g/mol. The van der Waals surface area contributed by atoms with Gasteiger partial charge < -0.3 is 24.6 Å². The van der Waals surface area contributed by atoms with Gasteiger partial charge in [0.2, 0.25) is 5.91 Å². The molecule has 2 aliphatic heterocycles. The van der Waals surface area contributed by atoms with Gasteiger partial charge in [-0.25, -0.2) is 0 Å². The number of hydrogen-bond donors (Lipinski definition) is 1. The molecule has 1 aromatic heterocycles. The average Bonchev–Trinajstić information content (AvgIpc) is 3.67. The van der Waals surface area contributed by atoms with E-state index in [1.165, 1.54) is 15.6 Å². The number of benzene rings is 2. The Hall–Kier alpha value is -2.94. The third-order valence-electron chi connectivity index (χ3n) is 7.75. The molecular formula is C29H33N3O4S. The summed E-state index contributed by atoms with van der Waals surface area (Å²) in [5.74, 6) is 0.832. The van der Waals surface area contributed by atoms with Crippen molar-refractivity contribution in [3.8, 4) is 5.75 Å². The minimum absolute atomic E-state index is 0.0363. The summed E-state index contributed by atoms with van der Waals surface area (Å²) in [5.41, 5.74) is 2.89. The smallest absolute Gasteiger partial charge is 0.265 e. The van der Waals surface area contributed by atoms with Crippen LogP contribution in [0.4, 0.5) is 11.4 Å². The van der Waals surface area contributed by atoms with Crippen molar-refractivity contribution in [2.75, 3.05) is 49.8 Å². The molecule has 8 heteroatoms. The summed E-state index contributed by atoms with van der Waals surface area (Å²) in [4.78, 5) is 30.8. The first-order chi connectivity index (χ1) is 18.2. The number of carbonyl (C=O) groups excluding carboxylic acids is 2. The molecule has 2 atom stereocenters. The Morgan fingerprint density at radius 1 is 1.22 bits per heavy atom. The fourth-order valence-electron chi connectivity index (χ4n) is 5.76. The van der Waals surface area contributed by atoms with E-state index in [0.29, 0.717) is 25.4 Å². The van der Waals surface area contributed by atoms with Gasteiger partial charge in [0.05, 0.1) is 11.6 Å². The molecule has 3 heterocycles. The van der Waals surface area contributed by atoms with Gasteiger partial charge in [-0.15, -0.1) is 11.3 Å². The summed E-state index contributed by atoms with van der Waals surface area (Å²) in [6.07, 6.45) is 3.68. The first-order valence-corrected chi connectivity index (χ1v) is 14.1. The van der Waals surface area contributed by atoms with Crippen molar-refractivity contribution in [2.45, 2.75) is 37.6 Å². The van der Waals surface area contributed by atoms with Crippen LogP contribution in [-0.2, 0) is 14.3 Å². The molecule has 3 aliphatic rings. The second-order valence-corrected chi connectivity index (χ2v) is 11.1. The van der Waals surface area contributed by atoms with Crippen molar-refractivity contribution in [3.05, 3.63) is 53.4 Å². The van der Waals surface area contributed by atoms with Crippen LogP contribution in [0.5, 0.6) is 5.75 Å². The SMILES string of the molecule is COCCCN1C(=O)COc2ccc(N(C(=O)[C@@H]3CNCC[C@H]3c3csc4ccccc34)C3CC3)cc21. The predicted molar refractivity (Wildman–Crippen MR) is 147 cm³/mol. The Labute approximate surface area is 221 Å². The fourth-order valence-corrected chi connectivity index (χ4v) is 6.78. The zero-order valence-electron chi connectivity index (χ0n) is 21.2. The lowest BCUT2D eigenvalue weighted by Crippen LogP contribution is -2.47. The molecule has 1 saturated heterocycles. The second-order valence-electron chi connectivity index (χ2n) is 10.2. The highest BCUT2D eigenvalue weighted by Gasteiger charge is 2.42. The standard InChI is InChI=1S/C29H33N3O4S/c1-35-14-4-13-31-25-15-20(9-10-26(25)36-17-28(31)33)32(19-7-8-19)29(34)23-16-30-12-11-21(23)24-18-37-27-6-3-2-5-22(24)27/h2-3,5-6,9-10,15,18-19,21,23,30H,4,7-8,11-14,16-17H2,1H3/t21-,23-/m1/s1. The number of nitrogens with one attached hydrogen (secondary N) is 1. The maximum Gasteiger partial charge on any atom is 0.265 e. The van der Waals surface area contributed by atoms with Crippen molar-refractivity contribution in [1.29, 1.82) is 0 Å². The Balaban J connectivity index is 1.32. The van der Waals surface area contributed by atoms with Crippen LogP contribution in [-0.4, -0.2) is 57.8 Å².